The second-order valence-electron chi connectivity index (χ2n) is 8.35. The molecule has 0 spiro atoms. The number of Topliss-reactive ketones (excluding diaryl/α,β-unsaturated/α-hetero) is 1. The van der Waals surface area contributed by atoms with Crippen molar-refractivity contribution in [1.82, 2.24) is 9.78 Å². The van der Waals surface area contributed by atoms with Crippen LogP contribution in [0.1, 0.15) is 30.2 Å². The predicted octanol–water partition coefficient (Wildman–Crippen LogP) is 4.63. The molecule has 0 aliphatic heterocycles. The topological polar surface area (TPSA) is 104 Å². The number of fused-ring (bicyclic) bond motifs is 1. The van der Waals surface area contributed by atoms with Crippen LogP contribution in [-0.2, 0) is 33.4 Å². The van der Waals surface area contributed by atoms with Crippen molar-refractivity contribution in [3.05, 3.63) is 75.8 Å². The van der Waals surface area contributed by atoms with Gasteiger partial charge in [0.1, 0.15) is 21.5 Å². The lowest BCUT2D eigenvalue weighted by atomic mass is 10.0. The highest BCUT2D eigenvalue weighted by atomic mass is 35.5. The number of rotatable bonds is 10. The van der Waals surface area contributed by atoms with Crippen LogP contribution in [0.15, 0.2) is 58.8 Å². The number of benzene rings is 2. The third kappa shape index (κ3) is 5.75. The van der Waals surface area contributed by atoms with E-state index in [0.29, 0.717) is 40.6 Å². The molecule has 4 aromatic rings. The van der Waals surface area contributed by atoms with E-state index in [4.69, 9.17) is 27.2 Å². The summed E-state index contributed by atoms with van der Waals surface area (Å²) >= 11 is 6.99. The van der Waals surface area contributed by atoms with Crippen molar-refractivity contribution < 1.29 is 17.9 Å². The van der Waals surface area contributed by atoms with E-state index in [-0.39, 0.29) is 15.7 Å². The van der Waals surface area contributed by atoms with E-state index in [9.17, 15) is 13.2 Å². The van der Waals surface area contributed by atoms with Gasteiger partial charge in [0, 0.05) is 6.42 Å². The van der Waals surface area contributed by atoms with Crippen LogP contribution in [0.4, 0.5) is 0 Å². The number of hydrogen-bond donors (Lipinski definition) is 1. The zero-order chi connectivity index (χ0) is 25.2. The summed E-state index contributed by atoms with van der Waals surface area (Å²) in [6.45, 7) is 2.13. The van der Waals surface area contributed by atoms with Crippen molar-refractivity contribution >= 4 is 49.5 Å². The SMILES string of the molecule is COc1cccc2c1c(CS(=O)(=O)c1ccc(Cl)s1)nn2Cc1cccc(CCC(=O)[C@@H](C)N)c1. The molecular formula is C25H26ClN3O4S2. The van der Waals surface area contributed by atoms with E-state index in [2.05, 4.69) is 0 Å². The molecule has 0 saturated heterocycles. The van der Waals surface area contributed by atoms with Gasteiger partial charge in [-0.3, -0.25) is 9.48 Å². The van der Waals surface area contributed by atoms with Crippen LogP contribution in [0.25, 0.3) is 10.9 Å². The fraction of sp³-hybridized carbons (Fsp3) is 0.280. The van der Waals surface area contributed by atoms with Crippen LogP contribution in [0, 0.1) is 0 Å². The number of ether oxygens (including phenoxy) is 1. The summed E-state index contributed by atoms with van der Waals surface area (Å²) in [5, 5.41) is 5.36. The Bertz CT molecular complexity index is 1480. The van der Waals surface area contributed by atoms with Gasteiger partial charge >= 0.3 is 0 Å². The molecule has 0 aliphatic carbocycles. The number of carbonyl (C=O) groups excluding carboxylic acids is 1. The van der Waals surface area contributed by atoms with Crippen LogP contribution in [0.2, 0.25) is 4.34 Å². The molecular weight excluding hydrogens is 506 g/mol. The minimum Gasteiger partial charge on any atom is -0.496 e. The maximum absolute atomic E-state index is 13.1. The number of aromatic nitrogens is 2. The van der Waals surface area contributed by atoms with Crippen LogP contribution in [0.5, 0.6) is 5.75 Å². The van der Waals surface area contributed by atoms with E-state index in [0.717, 1.165) is 28.0 Å². The van der Waals surface area contributed by atoms with Gasteiger partial charge in [-0.15, -0.1) is 11.3 Å². The quantitative estimate of drug-likeness (QED) is 0.320. The van der Waals surface area contributed by atoms with E-state index >= 15 is 0 Å². The molecule has 2 N–H and O–H groups in total. The Kier molecular flexibility index (Phi) is 7.61. The molecule has 4 rings (SSSR count). The molecule has 0 bridgehead atoms. The van der Waals surface area contributed by atoms with Crippen molar-refractivity contribution in [3.63, 3.8) is 0 Å². The first-order valence-electron chi connectivity index (χ1n) is 11.0. The normalized spacial score (nSPS) is 12.7. The van der Waals surface area contributed by atoms with Gasteiger partial charge in [-0.2, -0.15) is 5.10 Å². The smallest absolute Gasteiger partial charge is 0.193 e. The lowest BCUT2D eigenvalue weighted by Gasteiger charge is -2.08. The Balaban J connectivity index is 1.67. The third-order valence-electron chi connectivity index (χ3n) is 5.71. The van der Waals surface area contributed by atoms with E-state index in [1.54, 1.807) is 30.8 Å². The number of carbonyl (C=O) groups is 1. The number of thiophene rings is 1. The Morgan fingerprint density at radius 3 is 2.60 bits per heavy atom. The standard InChI is InChI=1S/C25H26ClN3O4S2/c1-16(27)21(30)10-9-17-5-3-6-18(13-17)14-29-20-7-4-8-22(33-2)25(20)19(28-29)15-35(31,32)24-12-11-23(26)34-24/h3-8,11-13,16H,9-10,14-15,27H2,1-2H3/t16-/m1/s1. The highest BCUT2D eigenvalue weighted by Crippen LogP contribution is 2.33. The number of methoxy groups -OCH3 is 1. The van der Waals surface area contributed by atoms with Crippen molar-refractivity contribution in [2.45, 2.75) is 42.3 Å². The fourth-order valence-electron chi connectivity index (χ4n) is 3.93. The summed E-state index contributed by atoms with van der Waals surface area (Å²) in [4.78, 5) is 11.9. The van der Waals surface area contributed by atoms with Crippen LogP contribution in [0.3, 0.4) is 0 Å². The molecule has 10 heteroatoms. The minimum absolute atomic E-state index is 0.0263. The Hall–Kier alpha value is -2.72. The Morgan fingerprint density at radius 2 is 1.91 bits per heavy atom. The molecule has 2 aromatic carbocycles. The molecule has 0 fully saturated rings. The number of aryl methyl sites for hydroxylation is 1. The van der Waals surface area contributed by atoms with Crippen LogP contribution < -0.4 is 10.5 Å². The number of nitrogens with two attached hydrogens (primary N) is 1. The predicted molar refractivity (Wildman–Crippen MR) is 139 cm³/mol. The summed E-state index contributed by atoms with van der Waals surface area (Å²) in [6, 6.07) is 16.1. The molecule has 0 saturated carbocycles. The maximum Gasteiger partial charge on any atom is 0.193 e. The van der Waals surface area contributed by atoms with E-state index < -0.39 is 15.9 Å². The van der Waals surface area contributed by atoms with Crippen molar-refractivity contribution in [3.8, 4) is 5.75 Å². The Morgan fingerprint density at radius 1 is 1.17 bits per heavy atom. The average Bonchev–Trinajstić information content (AvgIpc) is 3.41. The molecule has 2 aromatic heterocycles. The molecule has 0 unspecified atom stereocenters. The van der Waals surface area contributed by atoms with Crippen LogP contribution in [-0.4, -0.2) is 37.1 Å². The number of hydrogen-bond acceptors (Lipinski definition) is 7. The van der Waals surface area contributed by atoms with E-state index in [1.165, 1.54) is 6.07 Å². The molecule has 0 amide bonds. The van der Waals surface area contributed by atoms with Gasteiger partial charge in [0.2, 0.25) is 0 Å². The maximum atomic E-state index is 13.1. The first kappa shape index (κ1) is 25.4. The molecule has 1 atom stereocenters. The summed E-state index contributed by atoms with van der Waals surface area (Å²) in [7, 11) is -2.09. The average molecular weight is 532 g/mol. The zero-order valence-electron chi connectivity index (χ0n) is 19.4. The lowest BCUT2D eigenvalue weighted by Crippen LogP contribution is -2.26. The highest BCUT2D eigenvalue weighted by molar-refractivity contribution is 7.92. The monoisotopic (exact) mass is 531 g/mol. The number of ketones is 1. The van der Waals surface area contributed by atoms with Gasteiger partial charge in [0.15, 0.2) is 9.84 Å². The highest BCUT2D eigenvalue weighted by Gasteiger charge is 2.24. The van der Waals surface area contributed by atoms with Gasteiger partial charge < -0.3 is 10.5 Å². The molecule has 184 valence electrons. The Labute approximate surface area is 213 Å². The lowest BCUT2D eigenvalue weighted by molar-refractivity contribution is -0.119. The molecule has 2 heterocycles. The summed E-state index contributed by atoms with van der Waals surface area (Å²) in [5.74, 6) is 0.317. The zero-order valence-corrected chi connectivity index (χ0v) is 21.8. The molecule has 35 heavy (non-hydrogen) atoms. The fourth-order valence-corrected chi connectivity index (χ4v) is 6.78. The second kappa shape index (κ2) is 10.5. The van der Waals surface area contributed by atoms with Crippen molar-refractivity contribution in [2.24, 2.45) is 5.73 Å². The minimum atomic E-state index is -3.64. The second-order valence-corrected chi connectivity index (χ2v) is 12.3. The van der Waals surface area contributed by atoms with Gasteiger partial charge in [0.25, 0.3) is 0 Å². The molecule has 0 aliphatic rings. The van der Waals surface area contributed by atoms with Gasteiger partial charge in [-0.05, 0) is 48.7 Å². The van der Waals surface area contributed by atoms with Crippen LogP contribution >= 0.6 is 22.9 Å². The summed E-state index contributed by atoms with van der Waals surface area (Å²) in [6.07, 6.45) is 0.993. The summed E-state index contributed by atoms with van der Waals surface area (Å²) in [5.41, 5.74) is 8.88. The first-order chi connectivity index (χ1) is 16.7. The van der Waals surface area contributed by atoms with Gasteiger partial charge in [0.05, 0.1) is 40.6 Å². The van der Waals surface area contributed by atoms with Gasteiger partial charge in [-0.1, -0.05) is 41.9 Å². The number of sulfone groups is 1. The molecule has 7 nitrogen and oxygen atoms in total. The van der Waals surface area contributed by atoms with Crippen molar-refractivity contribution in [2.75, 3.05) is 7.11 Å². The molecule has 0 radical (unpaired) electrons. The first-order valence-corrected chi connectivity index (χ1v) is 13.9. The third-order valence-corrected chi connectivity index (χ3v) is 9.15. The number of nitrogens with zero attached hydrogens (tertiary/aromatic N) is 2. The van der Waals surface area contributed by atoms with E-state index in [1.807, 2.05) is 36.4 Å². The van der Waals surface area contributed by atoms with Gasteiger partial charge in [-0.25, -0.2) is 8.42 Å². The van der Waals surface area contributed by atoms with Crippen molar-refractivity contribution in [1.29, 1.82) is 0 Å². The summed E-state index contributed by atoms with van der Waals surface area (Å²) < 4.78 is 34.1. The number of halogens is 1. The largest absolute Gasteiger partial charge is 0.496 e.